The Morgan fingerprint density at radius 1 is 1.29 bits per heavy atom. The Bertz CT molecular complexity index is 509. The summed E-state index contributed by atoms with van der Waals surface area (Å²) in [5.41, 5.74) is 0.899. The van der Waals surface area contributed by atoms with Gasteiger partial charge in [-0.2, -0.15) is 0 Å². The molecule has 5 nitrogen and oxygen atoms in total. The van der Waals surface area contributed by atoms with E-state index in [0.29, 0.717) is 5.92 Å². The van der Waals surface area contributed by atoms with Crippen molar-refractivity contribution in [3.63, 3.8) is 0 Å². The second-order valence-corrected chi connectivity index (χ2v) is 6.84. The predicted molar refractivity (Wildman–Crippen MR) is 92.7 cm³/mol. The minimum atomic E-state index is -0.528. The van der Waals surface area contributed by atoms with E-state index < -0.39 is 6.10 Å². The summed E-state index contributed by atoms with van der Waals surface area (Å²) in [7, 11) is 1.59. The van der Waals surface area contributed by atoms with Crippen LogP contribution >= 0.6 is 0 Å². The maximum Gasteiger partial charge on any atom is 0.253 e. The lowest BCUT2D eigenvalue weighted by Gasteiger charge is -2.34. The van der Waals surface area contributed by atoms with Crippen LogP contribution in [0, 0.1) is 5.92 Å². The zero-order valence-corrected chi connectivity index (χ0v) is 14.4. The van der Waals surface area contributed by atoms with E-state index >= 15 is 0 Å². The van der Waals surface area contributed by atoms with Crippen LogP contribution in [0.4, 0.5) is 0 Å². The standard InChI is InChI=1S/C19H28N2O3/c1-23-18(16-5-3-2-4-6-16)19(22)20-17-7-10-21(11-8-17)13-15-9-12-24-14-15/h2-6,15,17-18H,7-14H2,1H3,(H,20,22). The Kier molecular flexibility index (Phi) is 6.24. The van der Waals surface area contributed by atoms with E-state index in [1.807, 2.05) is 30.3 Å². The normalized spacial score (nSPS) is 24.0. The average Bonchev–Trinajstić information content (AvgIpc) is 3.11. The summed E-state index contributed by atoms with van der Waals surface area (Å²) in [6, 6.07) is 9.91. The van der Waals surface area contributed by atoms with E-state index in [0.717, 1.165) is 51.3 Å². The van der Waals surface area contributed by atoms with Crippen LogP contribution in [-0.4, -0.2) is 56.8 Å². The highest BCUT2D eigenvalue weighted by atomic mass is 16.5. The van der Waals surface area contributed by atoms with Crippen molar-refractivity contribution in [3.05, 3.63) is 35.9 Å². The topological polar surface area (TPSA) is 50.8 Å². The number of benzene rings is 1. The van der Waals surface area contributed by atoms with Gasteiger partial charge in [-0.3, -0.25) is 4.79 Å². The monoisotopic (exact) mass is 332 g/mol. The number of carbonyl (C=O) groups is 1. The molecule has 2 aliphatic heterocycles. The lowest BCUT2D eigenvalue weighted by atomic mass is 10.0. The highest BCUT2D eigenvalue weighted by Crippen LogP contribution is 2.20. The molecule has 2 aliphatic rings. The van der Waals surface area contributed by atoms with E-state index in [9.17, 15) is 4.79 Å². The molecule has 5 heteroatoms. The van der Waals surface area contributed by atoms with Gasteiger partial charge in [0, 0.05) is 39.4 Å². The predicted octanol–water partition coefficient (Wildman–Crippen LogP) is 1.99. The largest absolute Gasteiger partial charge is 0.381 e. The second kappa shape index (κ2) is 8.60. The number of nitrogens with zero attached hydrogens (tertiary/aromatic N) is 1. The summed E-state index contributed by atoms with van der Waals surface area (Å²) in [6.07, 6.45) is 2.66. The van der Waals surface area contributed by atoms with Gasteiger partial charge < -0.3 is 19.7 Å². The molecule has 1 aromatic carbocycles. The maximum absolute atomic E-state index is 12.5. The average molecular weight is 332 g/mol. The van der Waals surface area contributed by atoms with Gasteiger partial charge in [0.2, 0.25) is 0 Å². The van der Waals surface area contributed by atoms with E-state index in [2.05, 4.69) is 10.2 Å². The summed E-state index contributed by atoms with van der Waals surface area (Å²) >= 11 is 0. The van der Waals surface area contributed by atoms with Crippen LogP contribution in [0.1, 0.15) is 30.9 Å². The molecular formula is C19H28N2O3. The first kappa shape index (κ1) is 17.4. The van der Waals surface area contributed by atoms with Gasteiger partial charge in [0.05, 0.1) is 6.61 Å². The van der Waals surface area contributed by atoms with Crippen LogP contribution in [0.5, 0.6) is 0 Å². The number of hydrogen-bond donors (Lipinski definition) is 1. The number of piperidine rings is 1. The third kappa shape index (κ3) is 4.56. The molecule has 2 atom stereocenters. The molecule has 2 saturated heterocycles. The van der Waals surface area contributed by atoms with Crippen molar-refractivity contribution < 1.29 is 14.3 Å². The lowest BCUT2D eigenvalue weighted by molar-refractivity contribution is -0.132. The van der Waals surface area contributed by atoms with E-state index in [1.54, 1.807) is 7.11 Å². The van der Waals surface area contributed by atoms with Gasteiger partial charge in [-0.05, 0) is 30.7 Å². The highest BCUT2D eigenvalue weighted by Gasteiger charge is 2.27. The van der Waals surface area contributed by atoms with Crippen molar-refractivity contribution in [2.45, 2.75) is 31.4 Å². The Balaban J connectivity index is 1.45. The van der Waals surface area contributed by atoms with Crippen molar-refractivity contribution in [1.29, 1.82) is 0 Å². The second-order valence-electron chi connectivity index (χ2n) is 6.84. The van der Waals surface area contributed by atoms with E-state index in [-0.39, 0.29) is 11.9 Å². The quantitative estimate of drug-likeness (QED) is 0.866. The van der Waals surface area contributed by atoms with Crippen molar-refractivity contribution >= 4 is 5.91 Å². The molecule has 24 heavy (non-hydrogen) atoms. The zero-order chi connectivity index (χ0) is 16.8. The Morgan fingerprint density at radius 3 is 2.67 bits per heavy atom. The van der Waals surface area contributed by atoms with Gasteiger partial charge in [0.1, 0.15) is 0 Å². The van der Waals surface area contributed by atoms with E-state index in [4.69, 9.17) is 9.47 Å². The Labute approximate surface area is 144 Å². The first-order chi connectivity index (χ1) is 11.8. The summed E-state index contributed by atoms with van der Waals surface area (Å²) in [4.78, 5) is 15.0. The first-order valence-corrected chi connectivity index (χ1v) is 8.94. The Morgan fingerprint density at radius 2 is 2.04 bits per heavy atom. The smallest absolute Gasteiger partial charge is 0.253 e. The van der Waals surface area contributed by atoms with Crippen LogP contribution in [0.25, 0.3) is 0 Å². The van der Waals surface area contributed by atoms with Crippen LogP contribution in [0.3, 0.4) is 0 Å². The summed E-state index contributed by atoms with van der Waals surface area (Å²) in [6.45, 7) is 5.04. The van der Waals surface area contributed by atoms with Crippen LogP contribution < -0.4 is 5.32 Å². The first-order valence-electron chi connectivity index (χ1n) is 8.94. The van der Waals surface area contributed by atoms with Crippen LogP contribution in [0.2, 0.25) is 0 Å². The van der Waals surface area contributed by atoms with E-state index in [1.165, 1.54) is 6.42 Å². The number of likely N-dealkylation sites (tertiary alicyclic amines) is 1. The maximum atomic E-state index is 12.5. The van der Waals surface area contributed by atoms with Crippen LogP contribution in [-0.2, 0) is 14.3 Å². The van der Waals surface area contributed by atoms with Gasteiger partial charge >= 0.3 is 0 Å². The summed E-state index contributed by atoms with van der Waals surface area (Å²) in [5, 5.41) is 3.17. The van der Waals surface area contributed by atoms with Gasteiger partial charge in [0.25, 0.3) is 5.91 Å². The third-order valence-corrected chi connectivity index (χ3v) is 5.05. The number of methoxy groups -OCH3 is 1. The number of amides is 1. The van der Waals surface area contributed by atoms with Crippen LogP contribution in [0.15, 0.2) is 30.3 Å². The molecule has 132 valence electrons. The van der Waals surface area contributed by atoms with Crippen molar-refractivity contribution in [3.8, 4) is 0 Å². The molecule has 0 saturated carbocycles. The molecular weight excluding hydrogens is 304 g/mol. The molecule has 1 amide bonds. The molecule has 0 aromatic heterocycles. The molecule has 0 aliphatic carbocycles. The molecule has 0 bridgehead atoms. The summed E-state index contributed by atoms with van der Waals surface area (Å²) in [5.74, 6) is 0.651. The van der Waals surface area contributed by atoms with Gasteiger partial charge in [-0.15, -0.1) is 0 Å². The van der Waals surface area contributed by atoms with Crippen molar-refractivity contribution in [2.24, 2.45) is 5.92 Å². The molecule has 2 fully saturated rings. The number of hydrogen-bond acceptors (Lipinski definition) is 4. The molecule has 0 spiro atoms. The SMILES string of the molecule is COC(C(=O)NC1CCN(CC2CCOC2)CC1)c1ccccc1. The third-order valence-electron chi connectivity index (χ3n) is 5.05. The van der Waals surface area contributed by atoms with Crippen molar-refractivity contribution in [1.82, 2.24) is 10.2 Å². The van der Waals surface area contributed by atoms with Gasteiger partial charge in [-0.1, -0.05) is 30.3 Å². The number of nitrogens with one attached hydrogen (secondary N) is 1. The fraction of sp³-hybridized carbons (Fsp3) is 0.632. The minimum absolute atomic E-state index is 0.0358. The summed E-state index contributed by atoms with van der Waals surface area (Å²) < 4.78 is 10.9. The highest BCUT2D eigenvalue weighted by molar-refractivity contribution is 5.82. The van der Waals surface area contributed by atoms with Crippen molar-refractivity contribution in [2.75, 3.05) is 40.0 Å². The number of carbonyl (C=O) groups excluding carboxylic acids is 1. The molecule has 2 unspecified atom stereocenters. The minimum Gasteiger partial charge on any atom is -0.381 e. The fourth-order valence-corrected chi connectivity index (χ4v) is 3.65. The zero-order valence-electron chi connectivity index (χ0n) is 14.4. The lowest BCUT2D eigenvalue weighted by Crippen LogP contribution is -2.47. The number of rotatable bonds is 6. The van der Waals surface area contributed by atoms with Gasteiger partial charge in [0.15, 0.2) is 6.10 Å². The molecule has 0 radical (unpaired) electrons. The molecule has 2 heterocycles. The number of ether oxygens (including phenoxy) is 2. The molecule has 1 aromatic rings. The van der Waals surface area contributed by atoms with Gasteiger partial charge in [-0.25, -0.2) is 0 Å². The fourth-order valence-electron chi connectivity index (χ4n) is 3.65. The molecule has 1 N–H and O–H groups in total. The Hall–Kier alpha value is -1.43. The molecule has 3 rings (SSSR count).